The first-order chi connectivity index (χ1) is 12.8. The van der Waals surface area contributed by atoms with Crippen LogP contribution in [0.15, 0.2) is 52.9 Å². The highest BCUT2D eigenvalue weighted by molar-refractivity contribution is 5.78. The summed E-state index contributed by atoms with van der Waals surface area (Å²) in [6, 6.07) is 15.4. The number of carbonyl (C=O) groups is 1. The number of likely N-dealkylation sites (N-methyl/N-ethyl adjacent to an activating group) is 1. The highest BCUT2D eigenvalue weighted by Gasteiger charge is 2.27. The van der Waals surface area contributed by atoms with E-state index in [1.165, 1.54) is 6.92 Å². The molecule has 0 fully saturated rings. The number of aromatic nitrogens is 1. The molecule has 0 aliphatic heterocycles. The van der Waals surface area contributed by atoms with E-state index in [1.54, 1.807) is 0 Å². The van der Waals surface area contributed by atoms with Crippen LogP contribution in [0.25, 0.3) is 11.1 Å². The predicted octanol–water partition coefficient (Wildman–Crippen LogP) is 2.69. The fourth-order valence-electron chi connectivity index (χ4n) is 2.62. The number of rotatable bonds is 8. The van der Waals surface area contributed by atoms with Crippen LogP contribution in [-0.2, 0) is 11.2 Å². The van der Waals surface area contributed by atoms with Gasteiger partial charge in [-0.25, -0.2) is 0 Å². The third-order valence-electron chi connectivity index (χ3n) is 4.29. The summed E-state index contributed by atoms with van der Waals surface area (Å²) in [5.74, 6) is -0.316. The molecule has 0 amide bonds. The van der Waals surface area contributed by atoms with Crippen molar-refractivity contribution in [2.75, 3.05) is 25.1 Å². The van der Waals surface area contributed by atoms with Crippen molar-refractivity contribution in [1.82, 2.24) is 4.98 Å². The van der Waals surface area contributed by atoms with Crippen LogP contribution in [0.4, 0.5) is 6.01 Å². The summed E-state index contributed by atoms with van der Waals surface area (Å²) in [4.78, 5) is 17.4. The lowest BCUT2D eigenvalue weighted by Crippen LogP contribution is -2.46. The number of nitrogens with zero attached hydrogens (tertiary/aromatic N) is 2. The maximum absolute atomic E-state index is 11.1. The maximum Gasteiger partial charge on any atom is 0.323 e. The van der Waals surface area contributed by atoms with Crippen LogP contribution < -0.4 is 15.4 Å². The van der Waals surface area contributed by atoms with Gasteiger partial charge in [-0.1, -0.05) is 24.3 Å². The molecular weight excluding hydrogens is 346 g/mol. The number of benzene rings is 2. The van der Waals surface area contributed by atoms with Crippen LogP contribution in [-0.4, -0.2) is 41.8 Å². The number of anilines is 1. The molecule has 2 aromatic carbocycles. The average molecular weight is 369 g/mol. The van der Waals surface area contributed by atoms with Crippen molar-refractivity contribution < 1.29 is 19.1 Å². The van der Waals surface area contributed by atoms with Crippen LogP contribution >= 0.6 is 0 Å². The molecule has 0 radical (unpaired) electrons. The van der Waals surface area contributed by atoms with Gasteiger partial charge in [0.15, 0.2) is 5.58 Å². The lowest BCUT2D eigenvalue weighted by atomic mass is 9.94. The standard InChI is InChI=1S/C20H23N3O4/c1-20(21,18(24)25)13-14-7-9-15(10-8-14)26-12-11-23(2)19-22-16-5-3-4-6-17(16)27-19/h3-10H,11-13,21H2,1-2H3,(H,24,25). The Balaban J connectivity index is 1.52. The van der Waals surface area contributed by atoms with Gasteiger partial charge in [0.05, 0.1) is 6.54 Å². The number of aliphatic carboxylic acids is 1. The number of hydrogen-bond acceptors (Lipinski definition) is 6. The Bertz CT molecular complexity index is 885. The Morgan fingerprint density at radius 3 is 2.63 bits per heavy atom. The van der Waals surface area contributed by atoms with E-state index < -0.39 is 11.5 Å². The van der Waals surface area contributed by atoms with E-state index in [2.05, 4.69) is 4.98 Å². The Kier molecular flexibility index (Phi) is 5.32. The minimum Gasteiger partial charge on any atom is -0.492 e. The van der Waals surface area contributed by atoms with E-state index >= 15 is 0 Å². The smallest absolute Gasteiger partial charge is 0.323 e. The van der Waals surface area contributed by atoms with E-state index in [0.29, 0.717) is 24.9 Å². The number of carboxylic acid groups (broad SMARTS) is 1. The zero-order chi connectivity index (χ0) is 19.4. The van der Waals surface area contributed by atoms with Gasteiger partial charge in [0, 0.05) is 13.5 Å². The highest BCUT2D eigenvalue weighted by Crippen LogP contribution is 2.21. The molecule has 27 heavy (non-hydrogen) atoms. The molecule has 7 heteroatoms. The second-order valence-electron chi connectivity index (χ2n) is 6.78. The Morgan fingerprint density at radius 1 is 1.26 bits per heavy atom. The molecule has 1 atom stereocenters. The van der Waals surface area contributed by atoms with Crippen molar-refractivity contribution in [1.29, 1.82) is 0 Å². The molecule has 142 valence electrons. The molecule has 3 aromatic rings. The summed E-state index contributed by atoms with van der Waals surface area (Å²) in [6.07, 6.45) is 0.253. The molecule has 1 heterocycles. The number of nitrogens with two attached hydrogens (primary N) is 1. The van der Waals surface area contributed by atoms with Gasteiger partial charge >= 0.3 is 5.97 Å². The van der Waals surface area contributed by atoms with Crippen LogP contribution in [0.5, 0.6) is 5.75 Å². The second kappa shape index (κ2) is 7.67. The van der Waals surface area contributed by atoms with Gasteiger partial charge in [-0.2, -0.15) is 4.98 Å². The summed E-state index contributed by atoms with van der Waals surface area (Å²) in [7, 11) is 1.89. The first kappa shape index (κ1) is 18.7. The molecule has 3 N–H and O–H groups in total. The van der Waals surface area contributed by atoms with Gasteiger partial charge in [0.1, 0.15) is 23.4 Å². The fourth-order valence-corrected chi connectivity index (χ4v) is 2.62. The molecule has 7 nitrogen and oxygen atoms in total. The van der Waals surface area contributed by atoms with Gasteiger partial charge in [0.25, 0.3) is 6.01 Å². The largest absolute Gasteiger partial charge is 0.492 e. The molecule has 3 rings (SSSR count). The quantitative estimate of drug-likeness (QED) is 0.629. The lowest BCUT2D eigenvalue weighted by molar-refractivity contribution is -0.142. The van der Waals surface area contributed by atoms with E-state index in [9.17, 15) is 4.79 Å². The zero-order valence-electron chi connectivity index (χ0n) is 15.4. The van der Waals surface area contributed by atoms with Crippen molar-refractivity contribution in [3.63, 3.8) is 0 Å². The Morgan fingerprint density at radius 2 is 1.96 bits per heavy atom. The number of hydrogen-bond donors (Lipinski definition) is 2. The average Bonchev–Trinajstić information content (AvgIpc) is 3.07. The molecule has 0 aliphatic rings. The number of oxazole rings is 1. The molecule has 0 saturated carbocycles. The molecule has 0 spiro atoms. The van der Waals surface area contributed by atoms with Crippen LogP contribution in [0.1, 0.15) is 12.5 Å². The monoisotopic (exact) mass is 369 g/mol. The summed E-state index contributed by atoms with van der Waals surface area (Å²) < 4.78 is 11.5. The third-order valence-corrected chi connectivity index (χ3v) is 4.29. The van der Waals surface area contributed by atoms with Gasteiger partial charge in [0.2, 0.25) is 0 Å². The molecular formula is C20H23N3O4. The highest BCUT2D eigenvalue weighted by atomic mass is 16.5. The fraction of sp³-hybridized carbons (Fsp3) is 0.300. The number of para-hydroxylation sites is 2. The molecule has 0 saturated heterocycles. The summed E-state index contributed by atoms with van der Waals surface area (Å²) in [6.45, 7) is 2.56. The van der Waals surface area contributed by atoms with Crippen molar-refractivity contribution >= 4 is 23.1 Å². The first-order valence-corrected chi connectivity index (χ1v) is 8.66. The van der Waals surface area contributed by atoms with Crippen LogP contribution in [0.3, 0.4) is 0 Å². The lowest BCUT2D eigenvalue weighted by Gasteiger charge is -2.19. The molecule has 1 aromatic heterocycles. The topological polar surface area (TPSA) is 102 Å². The summed E-state index contributed by atoms with van der Waals surface area (Å²) in [5.41, 5.74) is 6.91. The summed E-state index contributed by atoms with van der Waals surface area (Å²) >= 11 is 0. The Labute approximate surface area is 157 Å². The SMILES string of the molecule is CN(CCOc1ccc(CC(C)(N)C(=O)O)cc1)c1nc2ccccc2o1. The summed E-state index contributed by atoms with van der Waals surface area (Å²) in [5, 5.41) is 9.10. The Hall–Kier alpha value is -3.06. The third kappa shape index (κ3) is 4.57. The minimum atomic E-state index is -1.29. The van der Waals surface area contributed by atoms with Gasteiger partial charge in [-0.3, -0.25) is 4.79 Å². The number of fused-ring (bicyclic) bond motifs is 1. The van der Waals surface area contributed by atoms with E-state index in [0.717, 1.165) is 16.7 Å². The first-order valence-electron chi connectivity index (χ1n) is 8.66. The molecule has 0 bridgehead atoms. The number of ether oxygens (including phenoxy) is 1. The van der Waals surface area contributed by atoms with E-state index in [4.69, 9.17) is 20.0 Å². The van der Waals surface area contributed by atoms with E-state index in [-0.39, 0.29) is 6.42 Å². The second-order valence-corrected chi connectivity index (χ2v) is 6.78. The van der Waals surface area contributed by atoms with Gasteiger partial charge in [-0.15, -0.1) is 0 Å². The van der Waals surface area contributed by atoms with Crippen LogP contribution in [0, 0.1) is 0 Å². The predicted molar refractivity (Wildman–Crippen MR) is 103 cm³/mol. The zero-order valence-corrected chi connectivity index (χ0v) is 15.4. The van der Waals surface area contributed by atoms with Gasteiger partial charge in [-0.05, 0) is 36.8 Å². The van der Waals surface area contributed by atoms with Crippen molar-refractivity contribution in [3.8, 4) is 5.75 Å². The van der Waals surface area contributed by atoms with Crippen molar-refractivity contribution in [2.24, 2.45) is 5.73 Å². The number of carboxylic acids is 1. The minimum absolute atomic E-state index is 0.253. The van der Waals surface area contributed by atoms with Crippen LogP contribution in [0.2, 0.25) is 0 Å². The van der Waals surface area contributed by atoms with Crippen molar-refractivity contribution in [2.45, 2.75) is 18.9 Å². The van der Waals surface area contributed by atoms with E-state index in [1.807, 2.05) is 60.5 Å². The normalized spacial score (nSPS) is 13.3. The molecule has 0 aliphatic carbocycles. The maximum atomic E-state index is 11.1. The van der Waals surface area contributed by atoms with Gasteiger partial charge < -0.3 is 24.9 Å². The van der Waals surface area contributed by atoms with Crippen molar-refractivity contribution in [3.05, 3.63) is 54.1 Å². The molecule has 1 unspecified atom stereocenters.